The van der Waals surface area contributed by atoms with Gasteiger partial charge in [0.1, 0.15) is 11.6 Å². The highest BCUT2D eigenvalue weighted by molar-refractivity contribution is 5.99. The van der Waals surface area contributed by atoms with E-state index in [9.17, 15) is 18.0 Å². The van der Waals surface area contributed by atoms with Gasteiger partial charge in [0, 0.05) is 24.7 Å². The molecule has 0 saturated heterocycles. The molecular weight excluding hydrogens is 419 g/mol. The van der Waals surface area contributed by atoms with E-state index in [0.29, 0.717) is 18.0 Å². The molecule has 0 fully saturated rings. The largest absolute Gasteiger partial charge is 0.324 e. The summed E-state index contributed by atoms with van der Waals surface area (Å²) in [5.74, 6) is -3.25. The first-order valence-electron chi connectivity index (χ1n) is 10.6. The number of amides is 2. The minimum atomic E-state index is -1.32. The number of aromatic nitrogens is 2. The lowest BCUT2D eigenvalue weighted by molar-refractivity contribution is 0.262. The Balaban J connectivity index is 1.60. The van der Waals surface area contributed by atoms with Gasteiger partial charge in [0.25, 0.3) is 0 Å². The number of urea groups is 1. The number of hydrogen-bond donors (Lipinski definition) is 3. The van der Waals surface area contributed by atoms with Gasteiger partial charge in [-0.2, -0.15) is 5.10 Å². The molecule has 168 valence electrons. The Kier molecular flexibility index (Phi) is 6.45. The predicted molar refractivity (Wildman–Crippen MR) is 117 cm³/mol. The van der Waals surface area contributed by atoms with E-state index in [0.717, 1.165) is 50.2 Å². The number of benzene rings is 2. The summed E-state index contributed by atoms with van der Waals surface area (Å²) in [5.41, 5.74) is 3.58. The second-order valence-corrected chi connectivity index (χ2v) is 7.74. The SMILES string of the molecule is CCCCc1cc(NC(=O)Nc2cc(F)c(F)cc2F)n(-c2ccc3c(c2)CCNC3)n1. The van der Waals surface area contributed by atoms with E-state index < -0.39 is 29.2 Å². The molecule has 1 aromatic heterocycles. The summed E-state index contributed by atoms with van der Waals surface area (Å²) in [5, 5.41) is 12.9. The highest BCUT2D eigenvalue weighted by Gasteiger charge is 2.17. The van der Waals surface area contributed by atoms with Crippen molar-refractivity contribution in [2.45, 2.75) is 39.2 Å². The molecule has 3 N–H and O–H groups in total. The highest BCUT2D eigenvalue weighted by Crippen LogP contribution is 2.24. The van der Waals surface area contributed by atoms with Crippen LogP contribution in [-0.4, -0.2) is 22.4 Å². The predicted octanol–water partition coefficient (Wildman–Crippen LogP) is 4.92. The Morgan fingerprint density at radius 3 is 2.69 bits per heavy atom. The van der Waals surface area contributed by atoms with E-state index >= 15 is 0 Å². The fraction of sp³-hybridized carbons (Fsp3) is 0.304. The van der Waals surface area contributed by atoms with E-state index in [1.54, 1.807) is 10.7 Å². The molecule has 2 amide bonds. The average molecular weight is 443 g/mol. The average Bonchev–Trinajstić information content (AvgIpc) is 3.18. The maximum Gasteiger partial charge on any atom is 0.324 e. The zero-order valence-corrected chi connectivity index (χ0v) is 17.6. The van der Waals surface area contributed by atoms with Crippen molar-refractivity contribution in [3.8, 4) is 5.69 Å². The van der Waals surface area contributed by atoms with Crippen LogP contribution >= 0.6 is 0 Å². The highest BCUT2D eigenvalue weighted by atomic mass is 19.2. The number of halogens is 3. The molecule has 6 nitrogen and oxygen atoms in total. The molecule has 32 heavy (non-hydrogen) atoms. The van der Waals surface area contributed by atoms with Crippen LogP contribution in [-0.2, 0) is 19.4 Å². The van der Waals surface area contributed by atoms with Gasteiger partial charge in [-0.05, 0) is 49.1 Å². The number of fused-ring (bicyclic) bond motifs is 1. The van der Waals surface area contributed by atoms with Gasteiger partial charge >= 0.3 is 6.03 Å². The Morgan fingerprint density at radius 2 is 1.88 bits per heavy atom. The second kappa shape index (κ2) is 9.44. The number of rotatable bonds is 6. The number of hydrogen-bond acceptors (Lipinski definition) is 3. The zero-order valence-electron chi connectivity index (χ0n) is 17.6. The molecule has 2 heterocycles. The second-order valence-electron chi connectivity index (χ2n) is 7.74. The molecule has 9 heteroatoms. The molecule has 0 bridgehead atoms. The third-order valence-electron chi connectivity index (χ3n) is 5.37. The van der Waals surface area contributed by atoms with Crippen LogP contribution < -0.4 is 16.0 Å². The number of carbonyl (C=O) groups is 1. The summed E-state index contributed by atoms with van der Waals surface area (Å²) in [4.78, 5) is 12.5. The van der Waals surface area contributed by atoms with E-state index in [1.165, 1.54) is 11.1 Å². The van der Waals surface area contributed by atoms with Crippen molar-refractivity contribution >= 4 is 17.5 Å². The van der Waals surface area contributed by atoms with Crippen LogP contribution in [0.4, 0.5) is 29.5 Å². The van der Waals surface area contributed by atoms with Crippen molar-refractivity contribution in [2.24, 2.45) is 0 Å². The first-order valence-corrected chi connectivity index (χ1v) is 10.6. The fourth-order valence-electron chi connectivity index (χ4n) is 3.68. The van der Waals surface area contributed by atoms with Crippen molar-refractivity contribution in [3.63, 3.8) is 0 Å². The Hall–Kier alpha value is -3.33. The standard InChI is InChI=1S/C23H24F3N5O/c1-2-3-4-16-10-22(29-23(32)28-21-12-19(25)18(24)11-20(21)26)31(30-16)17-6-5-15-13-27-8-7-14(15)9-17/h5-6,9-12,27H,2-4,7-8,13H2,1H3,(H2,28,29,32). The number of nitrogens with one attached hydrogen (secondary N) is 3. The number of aryl methyl sites for hydroxylation is 1. The van der Waals surface area contributed by atoms with Gasteiger partial charge in [0.15, 0.2) is 11.6 Å². The van der Waals surface area contributed by atoms with Gasteiger partial charge in [-0.25, -0.2) is 22.6 Å². The Morgan fingerprint density at radius 1 is 1.06 bits per heavy atom. The summed E-state index contributed by atoms with van der Waals surface area (Å²) >= 11 is 0. The number of unbranched alkanes of at least 4 members (excludes halogenated alkanes) is 1. The van der Waals surface area contributed by atoms with Crippen LogP contribution in [0.2, 0.25) is 0 Å². The van der Waals surface area contributed by atoms with Crippen molar-refractivity contribution in [3.05, 3.63) is 70.7 Å². The molecular formula is C23H24F3N5O. The minimum Gasteiger partial charge on any atom is -0.312 e. The topological polar surface area (TPSA) is 71.0 Å². The van der Waals surface area contributed by atoms with Gasteiger partial charge < -0.3 is 10.6 Å². The first-order chi connectivity index (χ1) is 15.4. The molecule has 3 aromatic rings. The molecule has 0 spiro atoms. The van der Waals surface area contributed by atoms with Crippen LogP contribution in [0.3, 0.4) is 0 Å². The van der Waals surface area contributed by atoms with Crippen molar-refractivity contribution in [1.29, 1.82) is 0 Å². The van der Waals surface area contributed by atoms with E-state index in [4.69, 9.17) is 0 Å². The lowest BCUT2D eigenvalue weighted by Gasteiger charge is -2.18. The van der Waals surface area contributed by atoms with E-state index in [-0.39, 0.29) is 0 Å². The maximum atomic E-state index is 13.9. The summed E-state index contributed by atoms with van der Waals surface area (Å²) < 4.78 is 42.1. The molecule has 0 aliphatic carbocycles. The van der Waals surface area contributed by atoms with Gasteiger partial charge in [-0.1, -0.05) is 19.4 Å². The summed E-state index contributed by atoms with van der Waals surface area (Å²) in [6.07, 6.45) is 3.58. The summed E-state index contributed by atoms with van der Waals surface area (Å²) in [6.45, 7) is 3.78. The molecule has 1 aliphatic heterocycles. The quantitative estimate of drug-likeness (QED) is 0.474. The third kappa shape index (κ3) is 4.77. The van der Waals surface area contributed by atoms with Gasteiger partial charge in [-0.3, -0.25) is 5.32 Å². The molecule has 1 aliphatic rings. The Labute approximate surface area is 183 Å². The van der Waals surface area contributed by atoms with Crippen LogP contribution in [0.25, 0.3) is 5.69 Å². The fourth-order valence-corrected chi connectivity index (χ4v) is 3.68. The van der Waals surface area contributed by atoms with E-state index in [2.05, 4.69) is 28.0 Å². The number of anilines is 2. The van der Waals surface area contributed by atoms with Crippen molar-refractivity contribution in [1.82, 2.24) is 15.1 Å². The van der Waals surface area contributed by atoms with Gasteiger partial charge in [0.05, 0.1) is 17.1 Å². The Bertz CT molecular complexity index is 1140. The maximum absolute atomic E-state index is 13.9. The van der Waals surface area contributed by atoms with Crippen LogP contribution in [0.5, 0.6) is 0 Å². The smallest absolute Gasteiger partial charge is 0.312 e. The lowest BCUT2D eigenvalue weighted by Crippen LogP contribution is -2.24. The summed E-state index contributed by atoms with van der Waals surface area (Å²) in [7, 11) is 0. The van der Waals surface area contributed by atoms with Gasteiger partial charge in [-0.15, -0.1) is 0 Å². The van der Waals surface area contributed by atoms with Gasteiger partial charge in [0.2, 0.25) is 0 Å². The zero-order chi connectivity index (χ0) is 22.7. The molecule has 0 atom stereocenters. The third-order valence-corrected chi connectivity index (χ3v) is 5.37. The molecule has 0 radical (unpaired) electrons. The number of nitrogens with zero attached hydrogens (tertiary/aromatic N) is 2. The molecule has 0 saturated carbocycles. The molecule has 0 unspecified atom stereocenters. The van der Waals surface area contributed by atoms with Crippen molar-refractivity contribution < 1.29 is 18.0 Å². The van der Waals surface area contributed by atoms with Crippen LogP contribution in [0.1, 0.15) is 36.6 Å². The normalized spacial score (nSPS) is 13.0. The van der Waals surface area contributed by atoms with Crippen molar-refractivity contribution in [2.75, 3.05) is 17.2 Å². The molecule has 4 rings (SSSR count). The van der Waals surface area contributed by atoms with Crippen LogP contribution in [0.15, 0.2) is 36.4 Å². The first kappa shape index (κ1) is 21.9. The minimum absolute atomic E-state index is 0.389. The number of carbonyl (C=O) groups excluding carboxylic acids is 1. The van der Waals surface area contributed by atoms with E-state index in [1.807, 2.05) is 18.2 Å². The monoisotopic (exact) mass is 443 g/mol. The summed E-state index contributed by atoms with van der Waals surface area (Å²) in [6, 6.07) is 7.97. The van der Waals surface area contributed by atoms with Crippen LogP contribution in [0, 0.1) is 17.5 Å². The molecule has 2 aromatic carbocycles. The lowest BCUT2D eigenvalue weighted by atomic mass is 10.0.